The van der Waals surface area contributed by atoms with Gasteiger partial charge in [-0.05, 0) is 35.4 Å². The molecule has 0 fully saturated rings. The summed E-state index contributed by atoms with van der Waals surface area (Å²) in [5, 5.41) is 35.7. The Morgan fingerprint density at radius 2 is 1.68 bits per heavy atom. The molecule has 4 N–H and O–H groups in total. The van der Waals surface area contributed by atoms with E-state index in [1.54, 1.807) is 42.5 Å². The number of aromatic hydroxyl groups is 3. The Kier molecular flexibility index (Phi) is 3.52. The molecule has 0 spiro atoms. The number of hydrogen-bond donors (Lipinski definition) is 4. The van der Waals surface area contributed by atoms with Crippen LogP contribution in [0.5, 0.6) is 17.2 Å². The van der Waals surface area contributed by atoms with Gasteiger partial charge in [0.15, 0.2) is 11.5 Å². The monoisotopic (exact) mass is 255 g/mol. The fraction of sp³-hybridized carbons (Fsp3) is 0. The largest absolute Gasteiger partial charge is 0.508 e. The van der Waals surface area contributed by atoms with E-state index in [2.05, 4.69) is 0 Å². The number of hydrogen-bond acceptors (Lipinski definition) is 4. The van der Waals surface area contributed by atoms with Gasteiger partial charge in [-0.15, -0.1) is 0 Å². The zero-order valence-corrected chi connectivity index (χ0v) is 10.0. The van der Waals surface area contributed by atoms with E-state index in [1.807, 2.05) is 0 Å². The van der Waals surface area contributed by atoms with E-state index in [-0.39, 0.29) is 17.2 Å². The molecule has 2 rings (SSSR count). The lowest BCUT2D eigenvalue weighted by molar-refractivity contribution is 0.403. The van der Waals surface area contributed by atoms with Gasteiger partial charge in [0, 0.05) is 11.8 Å². The molecule has 0 atom stereocenters. The summed E-state index contributed by atoms with van der Waals surface area (Å²) in [5.74, 6) is -0.346. The van der Waals surface area contributed by atoms with E-state index in [0.717, 1.165) is 11.8 Å². The number of nitrogens with one attached hydrogen (secondary N) is 1. The van der Waals surface area contributed by atoms with Gasteiger partial charge >= 0.3 is 0 Å². The fourth-order valence-corrected chi connectivity index (χ4v) is 1.69. The molecule has 4 heteroatoms. The molecular formula is C15H13NO3. The first kappa shape index (κ1) is 12.7. The lowest BCUT2D eigenvalue weighted by Crippen LogP contribution is -1.83. The van der Waals surface area contributed by atoms with Crippen molar-refractivity contribution in [1.82, 2.24) is 0 Å². The van der Waals surface area contributed by atoms with Gasteiger partial charge < -0.3 is 20.7 Å². The third-order valence-corrected chi connectivity index (χ3v) is 2.63. The second-order valence-corrected chi connectivity index (χ2v) is 4.05. The molecule has 0 aliphatic rings. The lowest BCUT2D eigenvalue weighted by atomic mass is 10.1. The van der Waals surface area contributed by atoms with Crippen molar-refractivity contribution in [2.45, 2.75) is 0 Å². The highest BCUT2D eigenvalue weighted by Gasteiger charge is 2.05. The molecular weight excluding hydrogens is 242 g/mol. The van der Waals surface area contributed by atoms with Crippen LogP contribution in [0.4, 0.5) is 0 Å². The molecule has 2 aromatic carbocycles. The summed E-state index contributed by atoms with van der Waals surface area (Å²) in [6.45, 7) is 0. The summed E-state index contributed by atoms with van der Waals surface area (Å²) < 4.78 is 0. The van der Waals surface area contributed by atoms with Gasteiger partial charge in [0.2, 0.25) is 0 Å². The van der Waals surface area contributed by atoms with E-state index in [4.69, 9.17) is 5.41 Å². The first-order valence-electron chi connectivity index (χ1n) is 5.63. The third-order valence-electron chi connectivity index (χ3n) is 2.63. The minimum atomic E-state index is -0.267. The molecule has 0 aliphatic heterocycles. The highest BCUT2D eigenvalue weighted by molar-refractivity contribution is 5.83. The van der Waals surface area contributed by atoms with Gasteiger partial charge in [0.1, 0.15) is 5.75 Å². The van der Waals surface area contributed by atoms with Crippen LogP contribution in [-0.4, -0.2) is 21.5 Å². The second kappa shape index (κ2) is 5.27. The van der Waals surface area contributed by atoms with Crippen LogP contribution < -0.4 is 0 Å². The minimum Gasteiger partial charge on any atom is -0.508 e. The van der Waals surface area contributed by atoms with Gasteiger partial charge in [0.05, 0.1) is 0 Å². The maximum absolute atomic E-state index is 9.72. The van der Waals surface area contributed by atoms with Crippen LogP contribution in [0, 0.1) is 5.41 Å². The van der Waals surface area contributed by atoms with E-state index >= 15 is 0 Å². The maximum Gasteiger partial charge on any atom is 0.164 e. The van der Waals surface area contributed by atoms with Crippen LogP contribution in [0.15, 0.2) is 36.4 Å². The Labute approximate surface area is 110 Å². The number of phenolic OH excluding ortho intramolecular Hbond substituents is 3. The molecule has 96 valence electrons. The van der Waals surface area contributed by atoms with Crippen molar-refractivity contribution in [2.75, 3.05) is 0 Å². The Bertz CT molecular complexity index is 648. The van der Waals surface area contributed by atoms with Gasteiger partial charge in [-0.3, -0.25) is 0 Å². The van der Waals surface area contributed by atoms with Crippen LogP contribution in [-0.2, 0) is 0 Å². The average molecular weight is 255 g/mol. The van der Waals surface area contributed by atoms with Crippen molar-refractivity contribution in [3.05, 3.63) is 53.1 Å². The van der Waals surface area contributed by atoms with Crippen molar-refractivity contribution in [2.24, 2.45) is 0 Å². The molecule has 0 saturated heterocycles. The van der Waals surface area contributed by atoms with E-state index in [0.29, 0.717) is 11.1 Å². The molecule has 0 saturated carbocycles. The summed E-state index contributed by atoms with van der Waals surface area (Å²) in [6.07, 6.45) is 4.39. The summed E-state index contributed by atoms with van der Waals surface area (Å²) >= 11 is 0. The topological polar surface area (TPSA) is 84.5 Å². The Morgan fingerprint density at radius 1 is 0.895 bits per heavy atom. The zero-order chi connectivity index (χ0) is 13.8. The molecule has 4 nitrogen and oxygen atoms in total. The van der Waals surface area contributed by atoms with Crippen molar-refractivity contribution in [3.8, 4) is 17.2 Å². The van der Waals surface area contributed by atoms with E-state index in [9.17, 15) is 15.3 Å². The first-order chi connectivity index (χ1) is 9.10. The molecule has 0 bridgehead atoms. The normalized spacial score (nSPS) is 10.7. The van der Waals surface area contributed by atoms with Crippen LogP contribution in [0.3, 0.4) is 0 Å². The fourth-order valence-electron chi connectivity index (χ4n) is 1.69. The quantitative estimate of drug-likeness (QED) is 0.386. The molecule has 0 radical (unpaired) electrons. The third kappa shape index (κ3) is 2.93. The molecule has 19 heavy (non-hydrogen) atoms. The van der Waals surface area contributed by atoms with Crippen molar-refractivity contribution >= 4 is 18.4 Å². The summed E-state index contributed by atoms with van der Waals surface area (Å²) in [5.41, 5.74) is 1.66. The van der Waals surface area contributed by atoms with Crippen LogP contribution in [0.2, 0.25) is 0 Å². The summed E-state index contributed by atoms with van der Waals surface area (Å²) in [6, 6.07) is 9.55. The standard InChI is InChI=1S/C15H13NO3/c16-9-11-6-12(15(19)14(18)8-11)5-4-10-2-1-3-13(17)7-10/h1-9,16-19H/b5-4+,16-9?. The Balaban J connectivity index is 2.37. The highest BCUT2D eigenvalue weighted by Crippen LogP contribution is 2.31. The van der Waals surface area contributed by atoms with E-state index < -0.39 is 0 Å². The molecule has 0 aromatic heterocycles. The van der Waals surface area contributed by atoms with Gasteiger partial charge in [-0.25, -0.2) is 0 Å². The lowest BCUT2D eigenvalue weighted by Gasteiger charge is -2.04. The zero-order valence-electron chi connectivity index (χ0n) is 10.0. The molecule has 0 heterocycles. The minimum absolute atomic E-state index is 0.155. The van der Waals surface area contributed by atoms with Crippen LogP contribution in [0.1, 0.15) is 16.7 Å². The molecule has 0 unspecified atom stereocenters. The van der Waals surface area contributed by atoms with Gasteiger partial charge in [0.25, 0.3) is 0 Å². The highest BCUT2D eigenvalue weighted by atomic mass is 16.3. The summed E-state index contributed by atoms with van der Waals surface area (Å²) in [4.78, 5) is 0. The predicted octanol–water partition coefficient (Wildman–Crippen LogP) is 2.97. The Hall–Kier alpha value is -2.75. The van der Waals surface area contributed by atoms with Crippen molar-refractivity contribution in [3.63, 3.8) is 0 Å². The summed E-state index contributed by atoms with van der Waals surface area (Å²) in [7, 11) is 0. The predicted molar refractivity (Wildman–Crippen MR) is 74.7 cm³/mol. The Morgan fingerprint density at radius 3 is 2.37 bits per heavy atom. The van der Waals surface area contributed by atoms with E-state index in [1.165, 1.54) is 6.07 Å². The number of phenols is 3. The maximum atomic E-state index is 9.72. The van der Waals surface area contributed by atoms with Gasteiger partial charge in [-0.1, -0.05) is 24.3 Å². The smallest absolute Gasteiger partial charge is 0.164 e. The number of rotatable bonds is 3. The second-order valence-electron chi connectivity index (χ2n) is 4.05. The SMILES string of the molecule is N=Cc1cc(O)c(O)c(/C=C/c2cccc(O)c2)c1. The van der Waals surface area contributed by atoms with Crippen LogP contribution >= 0.6 is 0 Å². The molecule has 0 amide bonds. The van der Waals surface area contributed by atoms with Crippen LogP contribution in [0.25, 0.3) is 12.2 Å². The molecule has 0 aliphatic carbocycles. The van der Waals surface area contributed by atoms with Gasteiger partial charge in [-0.2, -0.15) is 0 Å². The average Bonchev–Trinajstić information content (AvgIpc) is 2.40. The van der Waals surface area contributed by atoms with Crippen molar-refractivity contribution in [1.29, 1.82) is 5.41 Å². The number of benzene rings is 2. The molecule has 2 aromatic rings. The first-order valence-corrected chi connectivity index (χ1v) is 5.63. The van der Waals surface area contributed by atoms with Crippen molar-refractivity contribution < 1.29 is 15.3 Å².